The molecule has 126 valence electrons. The SMILES string of the molecule is CN(Cc1ccccc1)C(=O)c1cc(Nc2ccccc2Br)ncn1. The maximum atomic E-state index is 12.6. The number of benzene rings is 2. The van der Waals surface area contributed by atoms with Crippen molar-refractivity contribution in [2.75, 3.05) is 12.4 Å². The van der Waals surface area contributed by atoms with Gasteiger partial charge in [0.1, 0.15) is 17.8 Å². The van der Waals surface area contributed by atoms with Crippen molar-refractivity contribution in [1.82, 2.24) is 14.9 Å². The number of amides is 1. The Morgan fingerprint density at radius 3 is 2.56 bits per heavy atom. The van der Waals surface area contributed by atoms with Crippen LogP contribution in [0.2, 0.25) is 0 Å². The van der Waals surface area contributed by atoms with E-state index in [0.717, 1.165) is 15.7 Å². The van der Waals surface area contributed by atoms with Gasteiger partial charge in [-0.05, 0) is 33.6 Å². The van der Waals surface area contributed by atoms with Crippen LogP contribution in [0.1, 0.15) is 16.1 Å². The molecule has 1 amide bonds. The zero-order valence-electron chi connectivity index (χ0n) is 13.7. The van der Waals surface area contributed by atoms with Gasteiger partial charge < -0.3 is 10.2 Å². The van der Waals surface area contributed by atoms with Crippen molar-refractivity contribution in [2.45, 2.75) is 6.54 Å². The van der Waals surface area contributed by atoms with E-state index in [-0.39, 0.29) is 5.91 Å². The van der Waals surface area contributed by atoms with Crippen LogP contribution >= 0.6 is 15.9 Å². The molecular formula is C19H17BrN4O. The summed E-state index contributed by atoms with van der Waals surface area (Å²) >= 11 is 3.48. The Balaban J connectivity index is 1.74. The van der Waals surface area contributed by atoms with E-state index in [9.17, 15) is 4.79 Å². The van der Waals surface area contributed by atoms with E-state index in [2.05, 4.69) is 31.2 Å². The van der Waals surface area contributed by atoms with Crippen LogP contribution in [0, 0.1) is 0 Å². The molecule has 3 aromatic rings. The Morgan fingerprint density at radius 2 is 1.80 bits per heavy atom. The van der Waals surface area contributed by atoms with E-state index in [4.69, 9.17) is 0 Å². The van der Waals surface area contributed by atoms with Crippen molar-refractivity contribution < 1.29 is 4.79 Å². The number of rotatable bonds is 5. The molecule has 0 unspecified atom stereocenters. The monoisotopic (exact) mass is 396 g/mol. The highest BCUT2D eigenvalue weighted by Crippen LogP contribution is 2.24. The molecule has 2 aromatic carbocycles. The summed E-state index contributed by atoms with van der Waals surface area (Å²) in [6, 6.07) is 19.2. The van der Waals surface area contributed by atoms with Gasteiger partial charge >= 0.3 is 0 Å². The topological polar surface area (TPSA) is 58.1 Å². The molecule has 1 N–H and O–H groups in total. The zero-order chi connectivity index (χ0) is 17.6. The molecule has 0 aliphatic rings. The fourth-order valence-corrected chi connectivity index (χ4v) is 2.75. The summed E-state index contributed by atoms with van der Waals surface area (Å²) in [5, 5.41) is 3.19. The third-order valence-corrected chi connectivity index (χ3v) is 4.32. The van der Waals surface area contributed by atoms with Crippen LogP contribution in [0.25, 0.3) is 0 Å². The largest absolute Gasteiger partial charge is 0.339 e. The number of carbonyl (C=O) groups is 1. The molecule has 0 saturated heterocycles. The highest BCUT2D eigenvalue weighted by Gasteiger charge is 2.14. The van der Waals surface area contributed by atoms with Crippen LogP contribution in [0.4, 0.5) is 11.5 Å². The lowest BCUT2D eigenvalue weighted by Crippen LogP contribution is -2.27. The van der Waals surface area contributed by atoms with Crippen molar-refractivity contribution in [3.63, 3.8) is 0 Å². The Morgan fingerprint density at radius 1 is 1.08 bits per heavy atom. The Kier molecular flexibility index (Phi) is 5.40. The van der Waals surface area contributed by atoms with Gasteiger partial charge in [-0.25, -0.2) is 9.97 Å². The van der Waals surface area contributed by atoms with Crippen molar-refractivity contribution in [1.29, 1.82) is 0 Å². The minimum Gasteiger partial charge on any atom is -0.339 e. The van der Waals surface area contributed by atoms with Crippen molar-refractivity contribution in [3.05, 3.63) is 82.7 Å². The van der Waals surface area contributed by atoms with Gasteiger partial charge in [0, 0.05) is 24.1 Å². The number of hydrogen-bond donors (Lipinski definition) is 1. The number of nitrogens with one attached hydrogen (secondary N) is 1. The van der Waals surface area contributed by atoms with E-state index >= 15 is 0 Å². The van der Waals surface area contributed by atoms with E-state index in [1.807, 2.05) is 54.6 Å². The fourth-order valence-electron chi connectivity index (χ4n) is 2.37. The average molecular weight is 397 g/mol. The van der Waals surface area contributed by atoms with E-state index in [1.165, 1.54) is 6.33 Å². The summed E-state index contributed by atoms with van der Waals surface area (Å²) < 4.78 is 0.919. The van der Waals surface area contributed by atoms with Crippen LogP contribution < -0.4 is 5.32 Å². The Labute approximate surface area is 154 Å². The number of nitrogens with zero attached hydrogens (tertiary/aromatic N) is 3. The highest BCUT2D eigenvalue weighted by atomic mass is 79.9. The average Bonchev–Trinajstić information content (AvgIpc) is 2.64. The molecular weight excluding hydrogens is 380 g/mol. The van der Waals surface area contributed by atoms with Crippen molar-refractivity contribution in [3.8, 4) is 0 Å². The summed E-state index contributed by atoms with van der Waals surface area (Å²) in [5.41, 5.74) is 2.29. The molecule has 0 atom stereocenters. The van der Waals surface area contributed by atoms with Gasteiger partial charge in [0.05, 0.1) is 5.69 Å². The molecule has 6 heteroatoms. The summed E-state index contributed by atoms with van der Waals surface area (Å²) in [6.45, 7) is 0.524. The van der Waals surface area contributed by atoms with Crippen molar-refractivity contribution >= 4 is 33.3 Å². The molecule has 0 bridgehead atoms. The molecule has 0 fully saturated rings. The van der Waals surface area contributed by atoms with Crippen LogP contribution in [-0.4, -0.2) is 27.8 Å². The molecule has 1 aromatic heterocycles. The van der Waals surface area contributed by atoms with Gasteiger partial charge in [0.25, 0.3) is 5.91 Å². The second-order valence-electron chi connectivity index (χ2n) is 5.54. The lowest BCUT2D eigenvalue weighted by atomic mass is 10.2. The summed E-state index contributed by atoms with van der Waals surface area (Å²) in [4.78, 5) is 22.6. The third kappa shape index (κ3) is 4.42. The molecule has 0 aliphatic heterocycles. The number of aromatic nitrogens is 2. The van der Waals surface area contributed by atoms with Gasteiger partial charge in [-0.1, -0.05) is 42.5 Å². The summed E-state index contributed by atoms with van der Waals surface area (Å²) in [7, 11) is 1.76. The first-order chi connectivity index (χ1) is 12.1. The number of carbonyl (C=O) groups excluding carboxylic acids is 1. The first-order valence-corrected chi connectivity index (χ1v) is 8.56. The molecule has 5 nitrogen and oxygen atoms in total. The normalized spacial score (nSPS) is 10.3. The van der Waals surface area contributed by atoms with Gasteiger partial charge in [0.2, 0.25) is 0 Å². The first kappa shape index (κ1) is 17.1. The minimum atomic E-state index is -0.151. The molecule has 0 saturated carbocycles. The first-order valence-electron chi connectivity index (χ1n) is 7.76. The molecule has 0 spiro atoms. The van der Waals surface area contributed by atoms with E-state index in [0.29, 0.717) is 18.1 Å². The fraction of sp³-hybridized carbons (Fsp3) is 0.105. The molecule has 0 radical (unpaired) electrons. The second-order valence-corrected chi connectivity index (χ2v) is 6.39. The van der Waals surface area contributed by atoms with Crippen LogP contribution in [0.3, 0.4) is 0 Å². The molecule has 3 rings (SSSR count). The number of para-hydroxylation sites is 1. The number of hydrogen-bond acceptors (Lipinski definition) is 4. The zero-order valence-corrected chi connectivity index (χ0v) is 15.3. The van der Waals surface area contributed by atoms with E-state index in [1.54, 1.807) is 18.0 Å². The highest BCUT2D eigenvalue weighted by molar-refractivity contribution is 9.10. The van der Waals surface area contributed by atoms with Gasteiger partial charge in [-0.3, -0.25) is 4.79 Å². The maximum absolute atomic E-state index is 12.6. The smallest absolute Gasteiger partial charge is 0.272 e. The quantitative estimate of drug-likeness (QED) is 0.699. The van der Waals surface area contributed by atoms with Gasteiger partial charge in [-0.15, -0.1) is 0 Å². The van der Waals surface area contributed by atoms with Crippen LogP contribution in [0.15, 0.2) is 71.5 Å². The Bertz CT molecular complexity index is 870. The lowest BCUT2D eigenvalue weighted by Gasteiger charge is -2.17. The minimum absolute atomic E-state index is 0.151. The standard InChI is InChI=1S/C19H17BrN4O/c1-24(12-14-7-3-2-4-8-14)19(25)17-11-18(22-13-21-17)23-16-10-6-5-9-15(16)20/h2-11,13H,12H2,1H3,(H,21,22,23). The van der Waals surface area contributed by atoms with Gasteiger partial charge in [0.15, 0.2) is 0 Å². The number of halogens is 1. The molecule has 0 aliphatic carbocycles. The number of anilines is 2. The van der Waals surface area contributed by atoms with Crippen molar-refractivity contribution in [2.24, 2.45) is 0 Å². The molecule has 1 heterocycles. The molecule has 25 heavy (non-hydrogen) atoms. The van der Waals surface area contributed by atoms with E-state index < -0.39 is 0 Å². The summed E-state index contributed by atoms with van der Waals surface area (Å²) in [6.07, 6.45) is 1.39. The second kappa shape index (κ2) is 7.90. The van der Waals surface area contributed by atoms with Crippen LogP contribution in [-0.2, 0) is 6.54 Å². The summed E-state index contributed by atoms with van der Waals surface area (Å²) in [5.74, 6) is 0.416. The van der Waals surface area contributed by atoms with Gasteiger partial charge in [-0.2, -0.15) is 0 Å². The lowest BCUT2D eigenvalue weighted by molar-refractivity contribution is 0.0779. The Hall–Kier alpha value is -2.73. The maximum Gasteiger partial charge on any atom is 0.272 e. The van der Waals surface area contributed by atoms with Crippen LogP contribution in [0.5, 0.6) is 0 Å². The third-order valence-electron chi connectivity index (χ3n) is 3.63. The predicted molar refractivity (Wildman–Crippen MR) is 102 cm³/mol. The predicted octanol–water partition coefficient (Wildman–Crippen LogP) is 4.25.